The molecule has 0 saturated carbocycles. The van der Waals surface area contributed by atoms with Crippen molar-refractivity contribution in [2.45, 2.75) is 32.2 Å². The smallest absolute Gasteiger partial charge is 0.251 e. The Balaban J connectivity index is 1.90. The van der Waals surface area contributed by atoms with Crippen molar-refractivity contribution in [3.05, 3.63) is 29.6 Å². The van der Waals surface area contributed by atoms with Crippen molar-refractivity contribution in [2.75, 3.05) is 18.0 Å². The van der Waals surface area contributed by atoms with Gasteiger partial charge in [-0.15, -0.1) is 0 Å². The highest BCUT2D eigenvalue weighted by Crippen LogP contribution is 2.29. The van der Waals surface area contributed by atoms with Gasteiger partial charge >= 0.3 is 0 Å². The molecular weight excluding hydrogens is 259 g/mol. The zero-order valence-electron chi connectivity index (χ0n) is 11.4. The lowest BCUT2D eigenvalue weighted by Crippen LogP contribution is -2.40. The maximum absolute atomic E-state index is 14.0. The van der Waals surface area contributed by atoms with Crippen LogP contribution in [0, 0.1) is 12.7 Å². The van der Waals surface area contributed by atoms with E-state index in [1.54, 1.807) is 13.0 Å². The summed E-state index contributed by atoms with van der Waals surface area (Å²) in [7, 11) is 0. The molecule has 2 aliphatic heterocycles. The number of imide groups is 1. The van der Waals surface area contributed by atoms with Crippen molar-refractivity contribution >= 4 is 17.5 Å². The van der Waals surface area contributed by atoms with E-state index in [0.717, 1.165) is 36.4 Å². The van der Waals surface area contributed by atoms with Crippen molar-refractivity contribution in [2.24, 2.45) is 0 Å². The molecule has 20 heavy (non-hydrogen) atoms. The molecule has 106 valence electrons. The summed E-state index contributed by atoms with van der Waals surface area (Å²) in [6, 6.07) is 4.15. The summed E-state index contributed by atoms with van der Waals surface area (Å²) in [6.45, 7) is 3.45. The van der Waals surface area contributed by atoms with Gasteiger partial charge in [0.15, 0.2) is 0 Å². The largest absolute Gasteiger partial charge is 0.292 e. The SMILES string of the molecule is Cc1ccc(N2C(=O)CC(N3CCCC3)C2=O)c(F)c1. The van der Waals surface area contributed by atoms with E-state index in [1.165, 1.54) is 12.1 Å². The second-order valence-corrected chi connectivity index (χ2v) is 5.49. The number of hydrogen-bond acceptors (Lipinski definition) is 3. The van der Waals surface area contributed by atoms with Crippen LogP contribution in [0.4, 0.5) is 10.1 Å². The Labute approximate surface area is 117 Å². The lowest BCUT2D eigenvalue weighted by atomic mass is 10.2. The maximum atomic E-state index is 14.0. The number of amides is 2. The van der Waals surface area contributed by atoms with Gasteiger partial charge in [0.2, 0.25) is 5.91 Å². The maximum Gasteiger partial charge on any atom is 0.251 e. The highest BCUT2D eigenvalue weighted by Gasteiger charge is 2.43. The molecule has 5 heteroatoms. The Morgan fingerprint density at radius 1 is 1.20 bits per heavy atom. The summed E-state index contributed by atoms with van der Waals surface area (Å²) >= 11 is 0. The van der Waals surface area contributed by atoms with Crippen molar-refractivity contribution in [1.82, 2.24) is 4.90 Å². The van der Waals surface area contributed by atoms with Gasteiger partial charge in [-0.2, -0.15) is 0 Å². The molecule has 0 aliphatic carbocycles. The summed E-state index contributed by atoms with van der Waals surface area (Å²) in [5.74, 6) is -1.12. The minimum Gasteiger partial charge on any atom is -0.292 e. The average Bonchev–Trinajstić information content (AvgIpc) is 3.00. The number of anilines is 1. The first-order chi connectivity index (χ1) is 9.58. The minimum atomic E-state index is -0.520. The predicted molar refractivity (Wildman–Crippen MR) is 72.8 cm³/mol. The average molecular weight is 276 g/mol. The Morgan fingerprint density at radius 3 is 2.55 bits per heavy atom. The Kier molecular flexibility index (Phi) is 3.30. The summed E-state index contributed by atoms with van der Waals surface area (Å²) in [4.78, 5) is 27.6. The van der Waals surface area contributed by atoms with Crippen LogP contribution < -0.4 is 4.90 Å². The topological polar surface area (TPSA) is 40.6 Å². The van der Waals surface area contributed by atoms with Crippen LogP contribution in [0.5, 0.6) is 0 Å². The third-order valence-corrected chi connectivity index (χ3v) is 4.05. The summed E-state index contributed by atoms with van der Waals surface area (Å²) < 4.78 is 14.0. The fraction of sp³-hybridized carbons (Fsp3) is 0.467. The monoisotopic (exact) mass is 276 g/mol. The summed E-state index contributed by atoms with van der Waals surface area (Å²) in [5, 5.41) is 0. The number of likely N-dealkylation sites (tertiary alicyclic amines) is 1. The van der Waals surface area contributed by atoms with Crippen LogP contribution in [0.25, 0.3) is 0 Å². The third kappa shape index (κ3) is 2.12. The van der Waals surface area contributed by atoms with Crippen LogP contribution in [0.15, 0.2) is 18.2 Å². The molecule has 2 heterocycles. The van der Waals surface area contributed by atoms with E-state index in [-0.39, 0.29) is 23.9 Å². The second-order valence-electron chi connectivity index (χ2n) is 5.49. The highest BCUT2D eigenvalue weighted by atomic mass is 19.1. The van der Waals surface area contributed by atoms with Gasteiger partial charge in [0.25, 0.3) is 5.91 Å². The van der Waals surface area contributed by atoms with Gasteiger partial charge in [-0.1, -0.05) is 6.07 Å². The highest BCUT2D eigenvalue weighted by molar-refractivity contribution is 6.22. The lowest BCUT2D eigenvalue weighted by Gasteiger charge is -2.21. The van der Waals surface area contributed by atoms with Crippen molar-refractivity contribution in [3.8, 4) is 0 Å². The van der Waals surface area contributed by atoms with Crippen LogP contribution in [0.1, 0.15) is 24.8 Å². The molecule has 2 saturated heterocycles. The minimum absolute atomic E-state index is 0.0762. The van der Waals surface area contributed by atoms with Crippen LogP contribution in [0.3, 0.4) is 0 Å². The van der Waals surface area contributed by atoms with Crippen LogP contribution in [-0.2, 0) is 9.59 Å². The molecule has 2 amide bonds. The predicted octanol–water partition coefficient (Wildman–Crippen LogP) is 1.86. The first kappa shape index (κ1) is 13.2. The van der Waals surface area contributed by atoms with E-state index in [4.69, 9.17) is 0 Å². The van der Waals surface area contributed by atoms with Crippen molar-refractivity contribution in [3.63, 3.8) is 0 Å². The number of carbonyl (C=O) groups excluding carboxylic acids is 2. The van der Waals surface area contributed by atoms with Gasteiger partial charge < -0.3 is 0 Å². The van der Waals surface area contributed by atoms with Crippen LogP contribution in [0.2, 0.25) is 0 Å². The molecule has 1 unspecified atom stereocenters. The summed E-state index contributed by atoms with van der Waals surface area (Å²) in [5.41, 5.74) is 0.841. The van der Waals surface area contributed by atoms with E-state index in [9.17, 15) is 14.0 Å². The zero-order valence-corrected chi connectivity index (χ0v) is 11.4. The number of rotatable bonds is 2. The van der Waals surface area contributed by atoms with E-state index in [0.29, 0.717) is 0 Å². The molecule has 0 radical (unpaired) electrons. The molecular formula is C15H17FN2O2. The van der Waals surface area contributed by atoms with Gasteiger partial charge in [0.05, 0.1) is 18.2 Å². The first-order valence-electron chi connectivity index (χ1n) is 6.95. The lowest BCUT2D eigenvalue weighted by molar-refractivity contribution is -0.122. The quantitative estimate of drug-likeness (QED) is 0.774. The van der Waals surface area contributed by atoms with Crippen molar-refractivity contribution < 1.29 is 14.0 Å². The number of benzene rings is 1. The van der Waals surface area contributed by atoms with E-state index < -0.39 is 11.9 Å². The molecule has 1 aromatic rings. The van der Waals surface area contributed by atoms with Crippen molar-refractivity contribution in [1.29, 1.82) is 0 Å². The Bertz CT molecular complexity index is 567. The Hall–Kier alpha value is -1.75. The Morgan fingerprint density at radius 2 is 1.90 bits per heavy atom. The van der Waals surface area contributed by atoms with E-state index in [2.05, 4.69) is 0 Å². The van der Waals surface area contributed by atoms with Crippen LogP contribution >= 0.6 is 0 Å². The fourth-order valence-electron chi connectivity index (χ4n) is 3.00. The second kappa shape index (κ2) is 4.98. The number of halogens is 1. The molecule has 0 aromatic heterocycles. The standard InChI is InChI=1S/C15H17FN2O2/c1-10-4-5-12(11(16)8-10)18-14(19)9-13(15(18)20)17-6-2-3-7-17/h4-5,8,13H,2-3,6-7,9H2,1H3. The summed E-state index contributed by atoms with van der Waals surface area (Å²) in [6.07, 6.45) is 2.26. The zero-order chi connectivity index (χ0) is 14.3. The van der Waals surface area contributed by atoms with E-state index >= 15 is 0 Å². The number of carbonyl (C=O) groups is 2. The number of aryl methyl sites for hydroxylation is 1. The molecule has 0 spiro atoms. The van der Waals surface area contributed by atoms with Gasteiger partial charge in [0.1, 0.15) is 5.82 Å². The van der Waals surface area contributed by atoms with Gasteiger partial charge in [0, 0.05) is 0 Å². The molecule has 2 fully saturated rings. The molecule has 1 aromatic carbocycles. The molecule has 0 N–H and O–H groups in total. The normalized spacial score (nSPS) is 23.9. The van der Waals surface area contributed by atoms with Gasteiger partial charge in [-0.05, 0) is 50.6 Å². The molecule has 3 rings (SSSR count). The van der Waals surface area contributed by atoms with E-state index in [1.807, 2.05) is 4.90 Å². The van der Waals surface area contributed by atoms with Crippen LogP contribution in [-0.4, -0.2) is 35.8 Å². The number of nitrogens with zero attached hydrogens (tertiary/aromatic N) is 2. The molecule has 2 aliphatic rings. The molecule has 4 nitrogen and oxygen atoms in total. The first-order valence-corrected chi connectivity index (χ1v) is 6.95. The number of hydrogen-bond donors (Lipinski definition) is 0. The van der Waals surface area contributed by atoms with Gasteiger partial charge in [-0.3, -0.25) is 14.5 Å². The third-order valence-electron chi connectivity index (χ3n) is 4.05. The fourth-order valence-corrected chi connectivity index (χ4v) is 3.00. The molecule has 1 atom stereocenters. The van der Waals surface area contributed by atoms with Gasteiger partial charge in [-0.25, -0.2) is 9.29 Å². The molecule has 0 bridgehead atoms.